The van der Waals surface area contributed by atoms with Crippen LogP contribution in [0.4, 0.5) is 0 Å². The van der Waals surface area contributed by atoms with E-state index < -0.39 is 4.92 Å². The zero-order valence-corrected chi connectivity index (χ0v) is 6.03. The summed E-state index contributed by atoms with van der Waals surface area (Å²) < 4.78 is 0. The number of hydrogen-bond donors (Lipinski definition) is 0. The summed E-state index contributed by atoms with van der Waals surface area (Å²) in [6, 6.07) is 0. The molecular weight excluding hydrogens is 136 g/mol. The predicted octanol–water partition coefficient (Wildman–Crippen LogP) is -0.259. The van der Waals surface area contributed by atoms with E-state index in [0.29, 0.717) is 0 Å². The number of carbonyl (C=O) groups excluding carboxylic acids is 1. The van der Waals surface area contributed by atoms with Gasteiger partial charge in [-0.3, -0.25) is 14.9 Å². The molecule has 0 N–H and O–H groups in total. The number of nitrogens with zero attached hydrogens (tertiary/aromatic N) is 2. The summed E-state index contributed by atoms with van der Waals surface area (Å²) in [5.74, 6) is -0.211. The molecule has 0 unspecified atom stereocenters. The fourth-order valence-corrected chi connectivity index (χ4v) is 0.411. The van der Waals surface area contributed by atoms with Crippen LogP contribution >= 0.6 is 0 Å². The topological polar surface area (TPSA) is 63.5 Å². The third-order valence-corrected chi connectivity index (χ3v) is 1.01. The average Bonchev–Trinajstić information content (AvgIpc) is 1.82. The van der Waals surface area contributed by atoms with Gasteiger partial charge >= 0.3 is 0 Å². The highest BCUT2D eigenvalue weighted by molar-refractivity contribution is 5.75. The number of hydrogen-bond acceptors (Lipinski definition) is 3. The van der Waals surface area contributed by atoms with Gasteiger partial charge in [0.15, 0.2) is 0 Å². The summed E-state index contributed by atoms with van der Waals surface area (Å²) in [6.07, 6.45) is -0.0139. The average molecular weight is 146 g/mol. The second kappa shape index (κ2) is 3.81. The maximum atomic E-state index is 10.7. The lowest BCUT2D eigenvalue weighted by Crippen LogP contribution is -2.23. The van der Waals surface area contributed by atoms with Crippen molar-refractivity contribution in [2.24, 2.45) is 0 Å². The number of amides is 1. The predicted molar refractivity (Wildman–Crippen MR) is 35.2 cm³/mol. The van der Waals surface area contributed by atoms with Crippen LogP contribution in [-0.2, 0) is 4.79 Å². The Kier molecular flexibility index (Phi) is 3.38. The second-order valence-corrected chi connectivity index (χ2v) is 2.09. The van der Waals surface area contributed by atoms with Crippen molar-refractivity contribution in [3.63, 3.8) is 0 Å². The minimum atomic E-state index is -0.499. The summed E-state index contributed by atoms with van der Waals surface area (Å²) in [5, 5.41) is 9.76. The fourth-order valence-electron chi connectivity index (χ4n) is 0.411. The molecule has 1 amide bonds. The van der Waals surface area contributed by atoms with Crippen LogP contribution in [0.5, 0.6) is 0 Å². The van der Waals surface area contributed by atoms with Gasteiger partial charge in [-0.1, -0.05) is 0 Å². The second-order valence-electron chi connectivity index (χ2n) is 2.09. The Hall–Kier alpha value is -1.13. The van der Waals surface area contributed by atoms with Crippen molar-refractivity contribution >= 4 is 5.91 Å². The van der Waals surface area contributed by atoms with Gasteiger partial charge in [-0.15, -0.1) is 0 Å². The molecule has 0 rings (SSSR count). The zero-order valence-electron chi connectivity index (χ0n) is 6.03. The molecule has 0 saturated heterocycles. The Morgan fingerprint density at radius 2 is 2.10 bits per heavy atom. The molecule has 0 fully saturated rings. The van der Waals surface area contributed by atoms with Crippen molar-refractivity contribution in [1.82, 2.24) is 4.90 Å². The first-order valence-electron chi connectivity index (χ1n) is 2.86. The Morgan fingerprint density at radius 3 is 2.40 bits per heavy atom. The molecule has 0 aliphatic rings. The van der Waals surface area contributed by atoms with E-state index in [9.17, 15) is 14.9 Å². The van der Waals surface area contributed by atoms with Crippen LogP contribution in [0.3, 0.4) is 0 Å². The van der Waals surface area contributed by atoms with Gasteiger partial charge in [-0.25, -0.2) is 0 Å². The molecule has 0 spiro atoms. The summed E-state index contributed by atoms with van der Waals surface area (Å²) >= 11 is 0. The maximum absolute atomic E-state index is 10.7. The van der Waals surface area contributed by atoms with E-state index in [1.807, 2.05) is 0 Å². The van der Waals surface area contributed by atoms with E-state index in [1.54, 1.807) is 14.1 Å². The molecule has 0 aromatic carbocycles. The molecule has 0 heterocycles. The molecule has 0 aliphatic carbocycles. The molecule has 0 aromatic heterocycles. The van der Waals surface area contributed by atoms with Gasteiger partial charge in [-0.2, -0.15) is 0 Å². The third-order valence-electron chi connectivity index (χ3n) is 1.01. The lowest BCUT2D eigenvalue weighted by atomic mass is 10.4. The van der Waals surface area contributed by atoms with Gasteiger partial charge in [0.25, 0.3) is 0 Å². The summed E-state index contributed by atoms with van der Waals surface area (Å²) in [6.45, 7) is -0.281. The standard InChI is InChI=1S/C5H10N2O3/c1-6(2)5(8)3-4-7(9)10/h3-4H2,1-2H3. The van der Waals surface area contributed by atoms with Crippen LogP contribution in [0.25, 0.3) is 0 Å². The number of rotatable bonds is 3. The highest BCUT2D eigenvalue weighted by Crippen LogP contribution is 1.86. The van der Waals surface area contributed by atoms with E-state index in [2.05, 4.69) is 0 Å². The van der Waals surface area contributed by atoms with Crippen molar-refractivity contribution in [3.8, 4) is 0 Å². The molecule has 0 saturated carbocycles. The van der Waals surface area contributed by atoms with E-state index in [0.717, 1.165) is 0 Å². The molecule has 10 heavy (non-hydrogen) atoms. The molecule has 58 valence electrons. The van der Waals surface area contributed by atoms with Crippen LogP contribution in [0.15, 0.2) is 0 Å². The Balaban J connectivity index is 3.50. The Morgan fingerprint density at radius 1 is 1.60 bits per heavy atom. The largest absolute Gasteiger partial charge is 0.349 e. The van der Waals surface area contributed by atoms with Crippen LogP contribution in [-0.4, -0.2) is 36.4 Å². The molecule has 5 nitrogen and oxygen atoms in total. The van der Waals surface area contributed by atoms with Crippen LogP contribution in [0.1, 0.15) is 6.42 Å². The molecule has 5 heteroatoms. The van der Waals surface area contributed by atoms with E-state index in [-0.39, 0.29) is 18.9 Å². The van der Waals surface area contributed by atoms with Gasteiger partial charge in [0.05, 0.1) is 6.42 Å². The van der Waals surface area contributed by atoms with Gasteiger partial charge < -0.3 is 4.90 Å². The molecule has 0 bridgehead atoms. The fraction of sp³-hybridized carbons (Fsp3) is 0.800. The van der Waals surface area contributed by atoms with Crippen LogP contribution in [0, 0.1) is 10.1 Å². The minimum absolute atomic E-state index is 0.0139. The van der Waals surface area contributed by atoms with E-state index in [4.69, 9.17) is 0 Å². The first kappa shape index (κ1) is 8.87. The summed E-state index contributed by atoms with van der Waals surface area (Å²) in [4.78, 5) is 21.3. The molecular formula is C5H10N2O3. The van der Waals surface area contributed by atoms with Crippen LogP contribution < -0.4 is 0 Å². The SMILES string of the molecule is CN(C)C(=O)CC[N+](=O)[O-]. The van der Waals surface area contributed by atoms with Crippen molar-refractivity contribution < 1.29 is 9.72 Å². The lowest BCUT2D eigenvalue weighted by molar-refractivity contribution is -0.478. The normalized spacial score (nSPS) is 9.00. The lowest BCUT2D eigenvalue weighted by Gasteiger charge is -2.06. The summed E-state index contributed by atoms with van der Waals surface area (Å²) in [5.41, 5.74) is 0. The van der Waals surface area contributed by atoms with Crippen molar-refractivity contribution in [2.75, 3.05) is 20.6 Å². The quantitative estimate of drug-likeness (QED) is 0.407. The monoisotopic (exact) mass is 146 g/mol. The Bertz CT molecular complexity index is 144. The van der Waals surface area contributed by atoms with Crippen LogP contribution in [0.2, 0.25) is 0 Å². The number of nitro groups is 1. The van der Waals surface area contributed by atoms with Gasteiger partial charge in [0.1, 0.15) is 0 Å². The first-order chi connectivity index (χ1) is 4.54. The maximum Gasteiger partial charge on any atom is 0.228 e. The molecule has 0 aromatic rings. The highest BCUT2D eigenvalue weighted by atomic mass is 16.6. The van der Waals surface area contributed by atoms with Crippen molar-refractivity contribution in [2.45, 2.75) is 6.42 Å². The minimum Gasteiger partial charge on any atom is -0.349 e. The highest BCUT2D eigenvalue weighted by Gasteiger charge is 2.07. The van der Waals surface area contributed by atoms with E-state index >= 15 is 0 Å². The molecule has 0 radical (unpaired) electrons. The Labute approximate surface area is 58.8 Å². The molecule has 0 aliphatic heterocycles. The zero-order chi connectivity index (χ0) is 8.15. The van der Waals surface area contributed by atoms with Crippen molar-refractivity contribution in [3.05, 3.63) is 10.1 Å². The van der Waals surface area contributed by atoms with Gasteiger partial charge in [0.2, 0.25) is 12.5 Å². The van der Waals surface area contributed by atoms with E-state index in [1.165, 1.54) is 4.90 Å². The van der Waals surface area contributed by atoms with Crippen molar-refractivity contribution in [1.29, 1.82) is 0 Å². The summed E-state index contributed by atoms with van der Waals surface area (Å²) in [7, 11) is 3.14. The molecule has 0 atom stereocenters. The smallest absolute Gasteiger partial charge is 0.228 e. The van der Waals surface area contributed by atoms with Gasteiger partial charge in [-0.05, 0) is 0 Å². The number of carbonyl (C=O) groups is 1. The third kappa shape index (κ3) is 3.82. The van der Waals surface area contributed by atoms with Gasteiger partial charge in [0, 0.05) is 19.0 Å². The first-order valence-corrected chi connectivity index (χ1v) is 2.86.